The fourth-order valence-corrected chi connectivity index (χ4v) is 2.16. The van der Waals surface area contributed by atoms with Gasteiger partial charge in [-0.25, -0.2) is 0 Å². The Balaban J connectivity index is 1.79. The minimum atomic E-state index is 0.277. The normalized spacial score (nSPS) is 18.3. The van der Waals surface area contributed by atoms with Crippen LogP contribution in [0.25, 0.3) is 0 Å². The van der Waals surface area contributed by atoms with Crippen LogP contribution in [0.4, 0.5) is 0 Å². The molecule has 1 aromatic rings. The van der Waals surface area contributed by atoms with Gasteiger partial charge < -0.3 is 19.5 Å². The molecule has 0 amide bonds. The predicted octanol–water partition coefficient (Wildman–Crippen LogP) is 1.71. The summed E-state index contributed by atoms with van der Waals surface area (Å²) in [6, 6.07) is 7.27. The first kappa shape index (κ1) is 14.6. The second-order valence-corrected chi connectivity index (χ2v) is 4.67. The van der Waals surface area contributed by atoms with Crippen molar-refractivity contribution >= 4 is 0 Å². The van der Waals surface area contributed by atoms with Crippen molar-refractivity contribution in [2.24, 2.45) is 0 Å². The molecule has 0 saturated carbocycles. The van der Waals surface area contributed by atoms with E-state index in [0.717, 1.165) is 32.5 Å². The van der Waals surface area contributed by atoms with E-state index in [1.807, 2.05) is 0 Å². The van der Waals surface area contributed by atoms with Crippen molar-refractivity contribution in [3.8, 4) is 17.6 Å². The van der Waals surface area contributed by atoms with Gasteiger partial charge in [-0.1, -0.05) is 0 Å². The van der Waals surface area contributed by atoms with Gasteiger partial charge in [0.25, 0.3) is 0 Å². The molecule has 1 aromatic carbocycles. The lowest BCUT2D eigenvalue weighted by molar-refractivity contribution is 0.0203. The molecule has 1 aliphatic heterocycles. The topological polar surface area (TPSA) is 63.5 Å². The average molecular weight is 276 g/mol. The lowest BCUT2D eigenvalue weighted by Crippen LogP contribution is -2.38. The monoisotopic (exact) mass is 276 g/mol. The number of nitrogens with zero attached hydrogens (tertiary/aromatic N) is 1. The molecule has 1 atom stereocenters. The zero-order valence-corrected chi connectivity index (χ0v) is 11.7. The number of morpholine rings is 1. The Kier molecular flexibility index (Phi) is 5.66. The predicted molar refractivity (Wildman–Crippen MR) is 75.0 cm³/mol. The van der Waals surface area contributed by atoms with Gasteiger partial charge in [-0.15, -0.1) is 0 Å². The van der Waals surface area contributed by atoms with Crippen LogP contribution in [0.15, 0.2) is 18.2 Å². The third-order valence-electron chi connectivity index (χ3n) is 3.23. The molecule has 108 valence electrons. The maximum atomic E-state index is 8.90. The van der Waals surface area contributed by atoms with E-state index in [1.165, 1.54) is 0 Å². The third kappa shape index (κ3) is 4.12. The molecule has 0 aromatic heterocycles. The van der Waals surface area contributed by atoms with Gasteiger partial charge in [-0.3, -0.25) is 0 Å². The molecule has 5 nitrogen and oxygen atoms in total. The molecule has 1 saturated heterocycles. The maximum Gasteiger partial charge on any atom is 0.162 e. The standard InChI is InChI=1S/C15H20N2O3/c1-18-14-5-4-12(10-16)9-15(14)20-7-2-3-13-11-17-6-8-19-13/h4-5,9,13,17H,2-3,6-8,11H2,1H3/t13-/m1/s1. The van der Waals surface area contributed by atoms with Gasteiger partial charge in [0.05, 0.1) is 38.1 Å². The number of rotatable bonds is 6. The molecule has 0 unspecified atom stereocenters. The van der Waals surface area contributed by atoms with E-state index in [0.29, 0.717) is 23.7 Å². The molecule has 20 heavy (non-hydrogen) atoms. The summed E-state index contributed by atoms with van der Waals surface area (Å²) >= 11 is 0. The number of methoxy groups -OCH3 is 1. The number of hydrogen-bond acceptors (Lipinski definition) is 5. The van der Waals surface area contributed by atoms with E-state index in [4.69, 9.17) is 19.5 Å². The molecule has 0 spiro atoms. The summed E-state index contributed by atoms with van der Waals surface area (Å²) in [4.78, 5) is 0. The van der Waals surface area contributed by atoms with E-state index in [-0.39, 0.29) is 6.10 Å². The summed E-state index contributed by atoms with van der Waals surface area (Å²) in [7, 11) is 1.59. The van der Waals surface area contributed by atoms with Crippen LogP contribution in [0.3, 0.4) is 0 Å². The molecule has 1 fully saturated rings. The molecule has 0 bridgehead atoms. The average Bonchev–Trinajstić information content (AvgIpc) is 2.52. The molecule has 5 heteroatoms. The van der Waals surface area contributed by atoms with Crippen LogP contribution in [0.2, 0.25) is 0 Å². The Bertz CT molecular complexity index is 465. The van der Waals surface area contributed by atoms with Crippen LogP contribution in [-0.2, 0) is 4.74 Å². The molecule has 2 rings (SSSR count). The minimum absolute atomic E-state index is 0.277. The molecular weight excluding hydrogens is 256 g/mol. The summed E-state index contributed by atoms with van der Waals surface area (Å²) in [6.07, 6.45) is 2.15. The highest BCUT2D eigenvalue weighted by atomic mass is 16.5. The number of ether oxygens (including phenoxy) is 3. The van der Waals surface area contributed by atoms with Crippen LogP contribution >= 0.6 is 0 Å². The zero-order chi connectivity index (χ0) is 14.2. The molecule has 1 aliphatic rings. The van der Waals surface area contributed by atoms with Crippen molar-refractivity contribution < 1.29 is 14.2 Å². The molecule has 0 radical (unpaired) electrons. The highest BCUT2D eigenvalue weighted by Crippen LogP contribution is 2.28. The van der Waals surface area contributed by atoms with Crippen molar-refractivity contribution in [1.29, 1.82) is 5.26 Å². The molecule has 1 heterocycles. The number of nitrogens with one attached hydrogen (secondary N) is 1. The third-order valence-corrected chi connectivity index (χ3v) is 3.23. The second kappa shape index (κ2) is 7.73. The van der Waals surface area contributed by atoms with Crippen LogP contribution in [0.5, 0.6) is 11.5 Å². The maximum absolute atomic E-state index is 8.90. The Morgan fingerprint density at radius 2 is 2.35 bits per heavy atom. The first-order valence-corrected chi connectivity index (χ1v) is 6.86. The highest BCUT2D eigenvalue weighted by Gasteiger charge is 2.13. The smallest absolute Gasteiger partial charge is 0.162 e. The van der Waals surface area contributed by atoms with Crippen LogP contribution in [0, 0.1) is 11.3 Å². The van der Waals surface area contributed by atoms with Gasteiger partial charge in [-0.2, -0.15) is 5.26 Å². The Morgan fingerprint density at radius 3 is 3.05 bits per heavy atom. The summed E-state index contributed by atoms with van der Waals surface area (Å²) in [5, 5.41) is 12.2. The number of hydrogen-bond donors (Lipinski definition) is 1. The van der Waals surface area contributed by atoms with E-state index < -0.39 is 0 Å². The van der Waals surface area contributed by atoms with Crippen molar-refractivity contribution in [1.82, 2.24) is 5.32 Å². The zero-order valence-electron chi connectivity index (χ0n) is 11.7. The largest absolute Gasteiger partial charge is 0.493 e. The summed E-state index contributed by atoms with van der Waals surface area (Å²) in [6.45, 7) is 3.22. The quantitative estimate of drug-likeness (QED) is 0.801. The van der Waals surface area contributed by atoms with Gasteiger partial charge in [0.15, 0.2) is 11.5 Å². The Morgan fingerprint density at radius 1 is 1.45 bits per heavy atom. The van der Waals surface area contributed by atoms with E-state index in [9.17, 15) is 0 Å². The van der Waals surface area contributed by atoms with Gasteiger partial charge in [0.2, 0.25) is 0 Å². The van der Waals surface area contributed by atoms with Crippen molar-refractivity contribution in [3.05, 3.63) is 23.8 Å². The van der Waals surface area contributed by atoms with Gasteiger partial charge >= 0.3 is 0 Å². The van der Waals surface area contributed by atoms with Crippen LogP contribution < -0.4 is 14.8 Å². The van der Waals surface area contributed by atoms with Crippen molar-refractivity contribution in [3.63, 3.8) is 0 Å². The molecular formula is C15H20N2O3. The minimum Gasteiger partial charge on any atom is -0.493 e. The van der Waals surface area contributed by atoms with Crippen LogP contribution in [-0.4, -0.2) is 39.5 Å². The second-order valence-electron chi connectivity index (χ2n) is 4.67. The number of benzene rings is 1. The summed E-state index contributed by atoms with van der Waals surface area (Å²) < 4.78 is 16.6. The Labute approximate surface area is 119 Å². The fraction of sp³-hybridized carbons (Fsp3) is 0.533. The fourth-order valence-electron chi connectivity index (χ4n) is 2.16. The summed E-state index contributed by atoms with van der Waals surface area (Å²) in [5.74, 6) is 1.27. The molecule has 0 aliphatic carbocycles. The van der Waals surface area contributed by atoms with E-state index in [2.05, 4.69) is 11.4 Å². The molecule has 1 N–H and O–H groups in total. The van der Waals surface area contributed by atoms with Crippen LogP contribution in [0.1, 0.15) is 18.4 Å². The van der Waals surface area contributed by atoms with E-state index in [1.54, 1.807) is 25.3 Å². The van der Waals surface area contributed by atoms with Gasteiger partial charge in [-0.05, 0) is 25.0 Å². The highest BCUT2D eigenvalue weighted by molar-refractivity contribution is 5.46. The van der Waals surface area contributed by atoms with Crippen molar-refractivity contribution in [2.45, 2.75) is 18.9 Å². The Hall–Kier alpha value is -1.77. The first-order valence-electron chi connectivity index (χ1n) is 6.86. The SMILES string of the molecule is COc1ccc(C#N)cc1OCCC[C@@H]1CNCCO1. The summed E-state index contributed by atoms with van der Waals surface area (Å²) in [5.41, 5.74) is 0.570. The van der Waals surface area contributed by atoms with E-state index >= 15 is 0 Å². The van der Waals surface area contributed by atoms with Gasteiger partial charge in [0, 0.05) is 19.2 Å². The van der Waals surface area contributed by atoms with Gasteiger partial charge in [0.1, 0.15) is 0 Å². The number of nitriles is 1. The lowest BCUT2D eigenvalue weighted by Gasteiger charge is -2.23. The lowest BCUT2D eigenvalue weighted by atomic mass is 10.2. The van der Waals surface area contributed by atoms with Crippen molar-refractivity contribution in [2.75, 3.05) is 33.4 Å². The first-order chi connectivity index (χ1) is 9.83.